The van der Waals surface area contributed by atoms with Crippen LogP contribution in [0, 0.1) is 6.92 Å². The molecule has 0 radical (unpaired) electrons. The zero-order chi connectivity index (χ0) is 22.4. The van der Waals surface area contributed by atoms with Gasteiger partial charge < -0.3 is 20.1 Å². The molecule has 2 N–H and O–H groups in total. The van der Waals surface area contributed by atoms with Crippen LogP contribution < -0.4 is 10.2 Å². The number of anilines is 1. The molecule has 0 spiro atoms. The van der Waals surface area contributed by atoms with Gasteiger partial charge in [-0.3, -0.25) is 0 Å². The van der Waals surface area contributed by atoms with Crippen LogP contribution in [-0.2, 0) is 11.2 Å². The van der Waals surface area contributed by atoms with Crippen LogP contribution in [0.2, 0.25) is 0 Å². The summed E-state index contributed by atoms with van der Waals surface area (Å²) >= 11 is 11.8. The van der Waals surface area contributed by atoms with Crippen molar-refractivity contribution in [3.05, 3.63) is 29.3 Å². The first-order valence-electron chi connectivity index (χ1n) is 10.3. The Kier molecular flexibility index (Phi) is 14.2. The second-order valence-corrected chi connectivity index (χ2v) is 8.29. The quantitative estimate of drug-likeness (QED) is 0.487. The van der Waals surface area contributed by atoms with Crippen molar-refractivity contribution in [2.24, 2.45) is 0 Å². The van der Waals surface area contributed by atoms with Crippen LogP contribution >= 0.6 is 23.2 Å². The van der Waals surface area contributed by atoms with Gasteiger partial charge in [-0.2, -0.15) is 0 Å². The summed E-state index contributed by atoms with van der Waals surface area (Å²) in [5.74, 6) is 1.04. The highest BCUT2D eigenvalue weighted by molar-refractivity contribution is 6.18. The molecule has 168 valence electrons. The third-order valence-electron chi connectivity index (χ3n) is 4.07. The average molecular weight is 449 g/mol. The molecule has 0 saturated carbocycles. The maximum absolute atomic E-state index is 12.1. The number of aliphatic hydroxyl groups excluding tert-OH is 1. The lowest BCUT2D eigenvalue weighted by molar-refractivity contribution is 0.0497. The van der Waals surface area contributed by atoms with Crippen LogP contribution in [0.25, 0.3) is 0 Å². The van der Waals surface area contributed by atoms with Crippen LogP contribution in [0.4, 0.5) is 10.5 Å². The largest absolute Gasteiger partial charge is 0.444 e. The van der Waals surface area contributed by atoms with Crippen LogP contribution in [0.5, 0.6) is 0 Å². The van der Waals surface area contributed by atoms with Gasteiger partial charge in [-0.05, 0) is 63.8 Å². The number of alkyl carbamates (subject to hydrolysis) is 1. The van der Waals surface area contributed by atoms with Gasteiger partial charge in [-0.15, -0.1) is 23.2 Å². The molecule has 7 heteroatoms. The number of halogens is 2. The van der Waals surface area contributed by atoms with Gasteiger partial charge in [0.15, 0.2) is 0 Å². The standard InChI is InChI=1S/C20H32Cl2N2O3.C2H6/c1-15-5-6-18(24(10-8-21)11-9-22)14-16(15)13-17(7-12-25)23-19(26)27-20(2,3)4;1-2/h5-6,14,17,25H,7-13H2,1-4H3,(H,23,26);1-2H3. The molecule has 1 rings (SSSR count). The van der Waals surface area contributed by atoms with Gasteiger partial charge in [0.1, 0.15) is 5.60 Å². The number of nitrogens with one attached hydrogen (secondary N) is 1. The van der Waals surface area contributed by atoms with E-state index in [1.54, 1.807) is 0 Å². The molecule has 0 saturated heterocycles. The van der Waals surface area contributed by atoms with E-state index in [1.807, 2.05) is 41.5 Å². The molecule has 1 unspecified atom stereocenters. The highest BCUT2D eigenvalue weighted by atomic mass is 35.5. The molecule has 1 aromatic rings. The van der Waals surface area contributed by atoms with E-state index in [1.165, 1.54) is 0 Å². The molecule has 0 aliphatic heterocycles. The van der Waals surface area contributed by atoms with E-state index < -0.39 is 11.7 Å². The zero-order valence-electron chi connectivity index (χ0n) is 18.7. The molecule has 0 aliphatic rings. The Labute approximate surface area is 186 Å². The molecule has 0 bridgehead atoms. The van der Waals surface area contributed by atoms with Gasteiger partial charge >= 0.3 is 6.09 Å². The van der Waals surface area contributed by atoms with Crippen molar-refractivity contribution in [3.63, 3.8) is 0 Å². The predicted octanol–water partition coefficient (Wildman–Crippen LogP) is 5.12. The van der Waals surface area contributed by atoms with Gasteiger partial charge in [0.05, 0.1) is 0 Å². The molecule has 1 amide bonds. The molecule has 1 aromatic carbocycles. The number of rotatable bonds is 10. The summed E-state index contributed by atoms with van der Waals surface area (Å²) < 4.78 is 5.34. The molecular formula is C22H38Cl2N2O3. The lowest BCUT2D eigenvalue weighted by Crippen LogP contribution is -2.40. The number of carbonyl (C=O) groups excluding carboxylic acids is 1. The second kappa shape index (κ2) is 14.8. The fourth-order valence-corrected chi connectivity index (χ4v) is 3.18. The number of carbonyl (C=O) groups is 1. The van der Waals surface area contributed by atoms with Crippen molar-refractivity contribution in [3.8, 4) is 0 Å². The van der Waals surface area contributed by atoms with Gasteiger partial charge in [-0.1, -0.05) is 19.9 Å². The number of alkyl halides is 2. The van der Waals surface area contributed by atoms with E-state index in [2.05, 4.69) is 28.4 Å². The first-order chi connectivity index (χ1) is 13.7. The molecule has 29 heavy (non-hydrogen) atoms. The monoisotopic (exact) mass is 448 g/mol. The minimum Gasteiger partial charge on any atom is -0.444 e. The maximum Gasteiger partial charge on any atom is 0.407 e. The fourth-order valence-electron chi connectivity index (χ4n) is 2.77. The predicted molar refractivity (Wildman–Crippen MR) is 125 cm³/mol. The first-order valence-corrected chi connectivity index (χ1v) is 11.3. The summed E-state index contributed by atoms with van der Waals surface area (Å²) in [4.78, 5) is 14.3. The van der Waals surface area contributed by atoms with Crippen molar-refractivity contribution in [1.29, 1.82) is 0 Å². The Balaban J connectivity index is 0.00000379. The number of hydrogen-bond donors (Lipinski definition) is 2. The van der Waals surface area contributed by atoms with E-state index in [9.17, 15) is 9.90 Å². The topological polar surface area (TPSA) is 61.8 Å². The van der Waals surface area contributed by atoms with Gasteiger partial charge in [0, 0.05) is 43.2 Å². The van der Waals surface area contributed by atoms with E-state index >= 15 is 0 Å². The van der Waals surface area contributed by atoms with Gasteiger partial charge in [0.25, 0.3) is 0 Å². The van der Waals surface area contributed by atoms with Crippen molar-refractivity contribution in [1.82, 2.24) is 5.32 Å². The highest BCUT2D eigenvalue weighted by Crippen LogP contribution is 2.22. The van der Waals surface area contributed by atoms with Crippen molar-refractivity contribution >= 4 is 35.0 Å². The summed E-state index contributed by atoms with van der Waals surface area (Å²) in [7, 11) is 0. The third-order valence-corrected chi connectivity index (χ3v) is 4.41. The van der Waals surface area contributed by atoms with E-state index in [0.29, 0.717) is 37.7 Å². The number of hydrogen-bond acceptors (Lipinski definition) is 4. The SMILES string of the molecule is CC.Cc1ccc(N(CCCl)CCCl)cc1CC(CCO)NC(=O)OC(C)(C)C. The average Bonchev–Trinajstić information content (AvgIpc) is 2.63. The minimum absolute atomic E-state index is 0.0101. The molecule has 1 atom stereocenters. The van der Waals surface area contributed by atoms with E-state index in [4.69, 9.17) is 27.9 Å². The summed E-state index contributed by atoms with van der Waals surface area (Å²) in [6.45, 7) is 12.9. The van der Waals surface area contributed by atoms with E-state index in [0.717, 1.165) is 16.8 Å². The number of benzene rings is 1. The van der Waals surface area contributed by atoms with Crippen molar-refractivity contribution in [2.75, 3.05) is 36.4 Å². The molecular weight excluding hydrogens is 411 g/mol. The Morgan fingerprint density at radius 3 is 2.28 bits per heavy atom. The normalized spacial score (nSPS) is 11.9. The number of nitrogens with zero attached hydrogens (tertiary/aromatic N) is 1. The Morgan fingerprint density at radius 2 is 1.79 bits per heavy atom. The van der Waals surface area contributed by atoms with Gasteiger partial charge in [0.2, 0.25) is 0 Å². The highest BCUT2D eigenvalue weighted by Gasteiger charge is 2.20. The molecule has 5 nitrogen and oxygen atoms in total. The van der Waals surface area contributed by atoms with Crippen molar-refractivity contribution < 1.29 is 14.6 Å². The fraction of sp³-hybridized carbons (Fsp3) is 0.682. The van der Waals surface area contributed by atoms with E-state index in [-0.39, 0.29) is 12.6 Å². The summed E-state index contributed by atoms with van der Waals surface area (Å²) in [5.41, 5.74) is 2.73. The lowest BCUT2D eigenvalue weighted by Gasteiger charge is -2.26. The molecule has 0 fully saturated rings. The Morgan fingerprint density at radius 1 is 1.21 bits per heavy atom. The molecule has 0 aliphatic carbocycles. The number of aryl methyl sites for hydroxylation is 1. The lowest BCUT2D eigenvalue weighted by atomic mass is 9.98. The molecule has 0 aromatic heterocycles. The second-order valence-electron chi connectivity index (χ2n) is 7.54. The van der Waals surface area contributed by atoms with Crippen molar-refractivity contribution in [2.45, 2.75) is 66.0 Å². The maximum atomic E-state index is 12.1. The Bertz CT molecular complexity index is 586. The summed E-state index contributed by atoms with van der Waals surface area (Å²) in [6, 6.07) is 6.01. The number of amides is 1. The smallest absolute Gasteiger partial charge is 0.407 e. The zero-order valence-corrected chi connectivity index (χ0v) is 20.2. The van der Waals surface area contributed by atoms with Crippen LogP contribution in [-0.4, -0.2) is 54.3 Å². The van der Waals surface area contributed by atoms with Crippen LogP contribution in [0.3, 0.4) is 0 Å². The number of ether oxygens (including phenoxy) is 1. The molecule has 0 heterocycles. The summed E-state index contributed by atoms with van der Waals surface area (Å²) in [6.07, 6.45) is 0.589. The Hall–Kier alpha value is -1.17. The third kappa shape index (κ3) is 11.6. The summed E-state index contributed by atoms with van der Waals surface area (Å²) in [5, 5.41) is 12.3. The van der Waals surface area contributed by atoms with Crippen LogP contribution in [0.1, 0.15) is 52.2 Å². The first kappa shape index (κ1) is 27.8. The van der Waals surface area contributed by atoms with Crippen LogP contribution in [0.15, 0.2) is 18.2 Å². The van der Waals surface area contributed by atoms with Gasteiger partial charge in [-0.25, -0.2) is 4.79 Å². The number of aliphatic hydroxyl groups is 1. The minimum atomic E-state index is -0.562.